The Labute approximate surface area is 85.3 Å². The van der Waals surface area contributed by atoms with Crippen molar-refractivity contribution in [3.8, 4) is 0 Å². The van der Waals surface area contributed by atoms with E-state index in [2.05, 4.69) is 10.2 Å². The maximum Gasteiger partial charge on any atom is 0.221 e. The number of nitrogens with zero attached hydrogens (tertiary/aromatic N) is 1. The lowest BCUT2D eigenvalue weighted by Gasteiger charge is -2.20. The van der Waals surface area contributed by atoms with Gasteiger partial charge in [-0.05, 0) is 19.8 Å². The van der Waals surface area contributed by atoms with Crippen molar-refractivity contribution >= 4 is 5.91 Å². The van der Waals surface area contributed by atoms with Gasteiger partial charge in [0.1, 0.15) is 0 Å². The third-order valence-corrected chi connectivity index (χ3v) is 2.45. The van der Waals surface area contributed by atoms with Gasteiger partial charge in [-0.15, -0.1) is 0 Å². The number of aliphatic hydroxyl groups is 1. The summed E-state index contributed by atoms with van der Waals surface area (Å²) in [5.41, 5.74) is 0. The molecule has 1 aliphatic rings. The summed E-state index contributed by atoms with van der Waals surface area (Å²) < 4.78 is 0. The highest BCUT2D eigenvalue weighted by atomic mass is 16.3. The van der Waals surface area contributed by atoms with Crippen LogP contribution in [0.15, 0.2) is 0 Å². The van der Waals surface area contributed by atoms with E-state index < -0.39 is 0 Å². The van der Waals surface area contributed by atoms with Gasteiger partial charge < -0.3 is 10.4 Å². The molecule has 1 saturated carbocycles. The van der Waals surface area contributed by atoms with E-state index in [1.807, 2.05) is 6.92 Å². The van der Waals surface area contributed by atoms with Crippen LogP contribution in [-0.2, 0) is 4.79 Å². The molecule has 0 aromatic rings. The molecule has 1 amide bonds. The first kappa shape index (κ1) is 11.5. The molecule has 0 aliphatic heterocycles. The predicted molar refractivity (Wildman–Crippen MR) is 55.0 cm³/mol. The lowest BCUT2D eigenvalue weighted by atomic mass is 10.3. The molecule has 14 heavy (non-hydrogen) atoms. The van der Waals surface area contributed by atoms with Crippen LogP contribution in [0.4, 0.5) is 0 Å². The SMILES string of the molecule is CCNC(=O)CCN(CCO)C1CC1. The number of carbonyl (C=O) groups excluding carboxylic acids is 1. The number of hydrogen-bond donors (Lipinski definition) is 2. The molecule has 82 valence electrons. The lowest BCUT2D eigenvalue weighted by Crippen LogP contribution is -2.34. The third kappa shape index (κ3) is 4.07. The number of rotatable bonds is 7. The molecule has 2 N–H and O–H groups in total. The van der Waals surface area contributed by atoms with Gasteiger partial charge in [-0.3, -0.25) is 9.69 Å². The van der Waals surface area contributed by atoms with E-state index in [9.17, 15) is 4.79 Å². The Morgan fingerprint density at radius 1 is 1.50 bits per heavy atom. The summed E-state index contributed by atoms with van der Waals surface area (Å²) in [5, 5.41) is 11.6. The normalized spacial score (nSPS) is 15.9. The number of nitrogens with one attached hydrogen (secondary N) is 1. The molecule has 0 atom stereocenters. The van der Waals surface area contributed by atoms with E-state index in [4.69, 9.17) is 5.11 Å². The van der Waals surface area contributed by atoms with Crippen molar-refractivity contribution in [2.75, 3.05) is 26.2 Å². The van der Waals surface area contributed by atoms with Crippen LogP contribution in [0, 0.1) is 0 Å². The topological polar surface area (TPSA) is 52.6 Å². The van der Waals surface area contributed by atoms with Gasteiger partial charge >= 0.3 is 0 Å². The average molecular weight is 200 g/mol. The molecule has 0 bridgehead atoms. The van der Waals surface area contributed by atoms with Crippen LogP contribution in [0.3, 0.4) is 0 Å². The molecule has 0 unspecified atom stereocenters. The molecule has 1 rings (SSSR count). The van der Waals surface area contributed by atoms with E-state index in [0.717, 1.165) is 6.54 Å². The van der Waals surface area contributed by atoms with Crippen LogP contribution in [0.5, 0.6) is 0 Å². The molecule has 0 aromatic heterocycles. The molecule has 4 nitrogen and oxygen atoms in total. The monoisotopic (exact) mass is 200 g/mol. The van der Waals surface area contributed by atoms with Gasteiger partial charge in [-0.2, -0.15) is 0 Å². The highest BCUT2D eigenvalue weighted by Crippen LogP contribution is 2.26. The molecule has 0 radical (unpaired) electrons. The Bertz CT molecular complexity index is 181. The van der Waals surface area contributed by atoms with E-state index >= 15 is 0 Å². The van der Waals surface area contributed by atoms with Crippen molar-refractivity contribution in [3.05, 3.63) is 0 Å². The summed E-state index contributed by atoms with van der Waals surface area (Å²) in [4.78, 5) is 13.4. The quantitative estimate of drug-likeness (QED) is 0.607. The molecule has 4 heteroatoms. The Kier molecular flexibility index (Phi) is 4.90. The maximum absolute atomic E-state index is 11.2. The van der Waals surface area contributed by atoms with Gasteiger partial charge in [-0.1, -0.05) is 0 Å². The fourth-order valence-electron chi connectivity index (χ4n) is 1.58. The molecular weight excluding hydrogens is 180 g/mol. The maximum atomic E-state index is 11.2. The van der Waals surface area contributed by atoms with Gasteiger partial charge in [0.25, 0.3) is 0 Å². The summed E-state index contributed by atoms with van der Waals surface area (Å²) in [6.45, 7) is 4.28. The van der Waals surface area contributed by atoms with Gasteiger partial charge in [0, 0.05) is 32.1 Å². The summed E-state index contributed by atoms with van der Waals surface area (Å²) in [7, 11) is 0. The molecule has 0 aromatic carbocycles. The van der Waals surface area contributed by atoms with E-state index in [-0.39, 0.29) is 12.5 Å². The summed E-state index contributed by atoms with van der Waals surface area (Å²) in [5.74, 6) is 0.107. The minimum Gasteiger partial charge on any atom is -0.395 e. The van der Waals surface area contributed by atoms with Gasteiger partial charge in [0.15, 0.2) is 0 Å². The van der Waals surface area contributed by atoms with E-state index in [1.54, 1.807) is 0 Å². The average Bonchev–Trinajstić information content (AvgIpc) is 2.96. The Morgan fingerprint density at radius 2 is 2.21 bits per heavy atom. The van der Waals surface area contributed by atoms with Crippen LogP contribution in [-0.4, -0.2) is 48.2 Å². The summed E-state index contributed by atoms with van der Waals surface area (Å²) >= 11 is 0. The molecule has 0 heterocycles. The highest BCUT2D eigenvalue weighted by molar-refractivity contribution is 5.75. The van der Waals surface area contributed by atoms with Crippen molar-refractivity contribution in [1.82, 2.24) is 10.2 Å². The first-order chi connectivity index (χ1) is 6.77. The van der Waals surface area contributed by atoms with Crippen molar-refractivity contribution in [3.63, 3.8) is 0 Å². The molecule has 1 fully saturated rings. The van der Waals surface area contributed by atoms with Crippen molar-refractivity contribution in [2.45, 2.75) is 32.2 Å². The standard InChI is InChI=1S/C10H20N2O2/c1-2-11-10(14)5-6-12(7-8-13)9-3-4-9/h9,13H,2-8H2,1H3,(H,11,14). The van der Waals surface area contributed by atoms with Crippen molar-refractivity contribution in [2.24, 2.45) is 0 Å². The highest BCUT2D eigenvalue weighted by Gasteiger charge is 2.28. The third-order valence-electron chi connectivity index (χ3n) is 2.45. The number of carbonyl (C=O) groups is 1. The van der Waals surface area contributed by atoms with E-state index in [0.29, 0.717) is 25.6 Å². The van der Waals surface area contributed by atoms with Crippen LogP contribution in [0.25, 0.3) is 0 Å². The van der Waals surface area contributed by atoms with Gasteiger partial charge in [0.2, 0.25) is 5.91 Å². The number of aliphatic hydroxyl groups excluding tert-OH is 1. The first-order valence-electron chi connectivity index (χ1n) is 5.39. The summed E-state index contributed by atoms with van der Waals surface area (Å²) in [6, 6.07) is 0.622. The van der Waals surface area contributed by atoms with Crippen LogP contribution >= 0.6 is 0 Å². The predicted octanol–water partition coefficient (Wildman–Crippen LogP) is -0.0307. The van der Waals surface area contributed by atoms with Crippen molar-refractivity contribution < 1.29 is 9.90 Å². The van der Waals surface area contributed by atoms with Gasteiger partial charge in [0.05, 0.1) is 6.61 Å². The molecular formula is C10H20N2O2. The fraction of sp³-hybridized carbons (Fsp3) is 0.900. The van der Waals surface area contributed by atoms with Gasteiger partial charge in [-0.25, -0.2) is 0 Å². The number of hydrogen-bond acceptors (Lipinski definition) is 3. The largest absolute Gasteiger partial charge is 0.395 e. The molecule has 0 saturated heterocycles. The zero-order valence-electron chi connectivity index (χ0n) is 8.83. The van der Waals surface area contributed by atoms with Crippen LogP contribution < -0.4 is 5.32 Å². The second-order valence-corrected chi connectivity index (χ2v) is 3.69. The molecule has 1 aliphatic carbocycles. The Morgan fingerprint density at radius 3 is 2.71 bits per heavy atom. The first-order valence-corrected chi connectivity index (χ1v) is 5.39. The van der Waals surface area contributed by atoms with E-state index in [1.165, 1.54) is 12.8 Å². The zero-order valence-corrected chi connectivity index (χ0v) is 8.83. The Hall–Kier alpha value is -0.610. The Balaban J connectivity index is 2.15. The minimum atomic E-state index is 0.107. The van der Waals surface area contributed by atoms with Crippen LogP contribution in [0.2, 0.25) is 0 Å². The smallest absolute Gasteiger partial charge is 0.221 e. The second kappa shape index (κ2) is 5.98. The second-order valence-electron chi connectivity index (χ2n) is 3.69. The fourth-order valence-corrected chi connectivity index (χ4v) is 1.58. The van der Waals surface area contributed by atoms with Crippen molar-refractivity contribution in [1.29, 1.82) is 0 Å². The zero-order chi connectivity index (χ0) is 10.4. The summed E-state index contributed by atoms with van der Waals surface area (Å²) in [6.07, 6.45) is 2.98. The lowest BCUT2D eigenvalue weighted by molar-refractivity contribution is -0.121. The van der Waals surface area contributed by atoms with Crippen LogP contribution in [0.1, 0.15) is 26.2 Å². The molecule has 0 spiro atoms. The number of amides is 1. The minimum absolute atomic E-state index is 0.107.